The highest BCUT2D eigenvalue weighted by molar-refractivity contribution is 6.01. The van der Waals surface area contributed by atoms with Crippen molar-refractivity contribution in [2.24, 2.45) is 0 Å². The van der Waals surface area contributed by atoms with Crippen LogP contribution in [0.25, 0.3) is 21.9 Å². The normalized spacial score (nSPS) is 11.2. The molecule has 2 heterocycles. The van der Waals surface area contributed by atoms with Gasteiger partial charge in [-0.05, 0) is 43.4 Å². The maximum atomic E-state index is 11.5. The van der Waals surface area contributed by atoms with Gasteiger partial charge < -0.3 is 13.6 Å². The van der Waals surface area contributed by atoms with Gasteiger partial charge in [0.1, 0.15) is 16.9 Å². The molecule has 29 heavy (non-hydrogen) atoms. The molecule has 148 valence electrons. The predicted molar refractivity (Wildman–Crippen MR) is 108 cm³/mol. The first kappa shape index (κ1) is 18.7. The third-order valence-electron chi connectivity index (χ3n) is 4.81. The number of furan rings is 1. The molecule has 7 nitrogen and oxygen atoms in total. The highest BCUT2D eigenvalue weighted by Gasteiger charge is 2.13. The number of hydrogen-bond donors (Lipinski definition) is 0. The Morgan fingerprint density at radius 2 is 1.72 bits per heavy atom. The van der Waals surface area contributed by atoms with Gasteiger partial charge in [-0.25, -0.2) is 4.79 Å². The van der Waals surface area contributed by atoms with Gasteiger partial charge in [-0.15, -0.1) is 0 Å². The Labute approximate surface area is 165 Å². The van der Waals surface area contributed by atoms with Crippen LogP contribution in [0.5, 0.6) is 5.75 Å². The molecule has 0 N–H and O–H groups in total. The van der Waals surface area contributed by atoms with Crippen LogP contribution >= 0.6 is 0 Å². The summed E-state index contributed by atoms with van der Waals surface area (Å²) in [5, 5.41) is 12.3. The fourth-order valence-electron chi connectivity index (χ4n) is 3.33. The summed E-state index contributed by atoms with van der Waals surface area (Å²) in [4.78, 5) is 21.8. The minimum absolute atomic E-state index is 0.110. The van der Waals surface area contributed by atoms with E-state index >= 15 is 0 Å². The van der Waals surface area contributed by atoms with E-state index in [-0.39, 0.29) is 5.69 Å². The molecular weight excluding hydrogens is 374 g/mol. The smallest absolute Gasteiger partial charge is 0.336 e. The second-order valence-electron chi connectivity index (χ2n) is 6.79. The summed E-state index contributed by atoms with van der Waals surface area (Å²) in [5.41, 5.74) is 1.83. The SMILES string of the molecule is O=c1ccc2c(OCCCCCc3ccc([N+](=O)[O-])cc3)c3ccoc3cc2o1. The molecule has 0 spiro atoms. The Morgan fingerprint density at radius 1 is 0.931 bits per heavy atom. The average molecular weight is 393 g/mol. The van der Waals surface area contributed by atoms with Crippen molar-refractivity contribution in [3.05, 3.63) is 80.9 Å². The number of benzene rings is 2. The molecule has 2 aromatic carbocycles. The highest BCUT2D eigenvalue weighted by atomic mass is 16.6. The lowest BCUT2D eigenvalue weighted by Crippen LogP contribution is -2.00. The summed E-state index contributed by atoms with van der Waals surface area (Å²) in [6.45, 7) is 0.527. The third kappa shape index (κ3) is 4.13. The van der Waals surface area contributed by atoms with E-state index in [9.17, 15) is 14.9 Å². The number of aryl methyl sites for hydroxylation is 1. The number of rotatable bonds is 8. The number of nitrogens with zero attached hydrogens (tertiary/aromatic N) is 1. The van der Waals surface area contributed by atoms with Crippen molar-refractivity contribution in [3.8, 4) is 5.75 Å². The van der Waals surface area contributed by atoms with Crippen molar-refractivity contribution in [1.82, 2.24) is 0 Å². The highest BCUT2D eigenvalue weighted by Crippen LogP contribution is 2.35. The minimum atomic E-state index is -0.416. The van der Waals surface area contributed by atoms with E-state index in [0.717, 1.165) is 42.0 Å². The van der Waals surface area contributed by atoms with Gasteiger partial charge in [0.25, 0.3) is 5.69 Å². The van der Waals surface area contributed by atoms with Gasteiger partial charge in [-0.2, -0.15) is 0 Å². The average Bonchev–Trinajstić information content (AvgIpc) is 3.18. The number of fused-ring (bicyclic) bond motifs is 2. The van der Waals surface area contributed by atoms with E-state index < -0.39 is 10.5 Å². The Balaban J connectivity index is 1.34. The number of nitro benzene ring substituents is 1. The van der Waals surface area contributed by atoms with Gasteiger partial charge in [0.2, 0.25) is 0 Å². The Hall–Kier alpha value is -3.61. The minimum Gasteiger partial charge on any atom is -0.492 e. The van der Waals surface area contributed by atoms with Crippen LogP contribution < -0.4 is 10.4 Å². The van der Waals surface area contributed by atoms with Gasteiger partial charge in [0.15, 0.2) is 0 Å². The molecule has 2 aromatic heterocycles. The van der Waals surface area contributed by atoms with Crippen LogP contribution in [0.1, 0.15) is 24.8 Å². The fourth-order valence-corrected chi connectivity index (χ4v) is 3.33. The molecule has 0 saturated heterocycles. The van der Waals surface area contributed by atoms with Crippen LogP contribution in [-0.4, -0.2) is 11.5 Å². The summed E-state index contributed by atoms with van der Waals surface area (Å²) < 4.78 is 16.7. The molecule has 0 aliphatic heterocycles. The van der Waals surface area contributed by atoms with Gasteiger partial charge in [-0.1, -0.05) is 12.1 Å². The van der Waals surface area contributed by atoms with Crippen molar-refractivity contribution in [2.45, 2.75) is 25.7 Å². The molecule has 0 unspecified atom stereocenters. The largest absolute Gasteiger partial charge is 0.492 e. The van der Waals surface area contributed by atoms with Crippen molar-refractivity contribution >= 4 is 27.6 Å². The lowest BCUT2D eigenvalue weighted by molar-refractivity contribution is -0.384. The van der Waals surface area contributed by atoms with Gasteiger partial charge in [-0.3, -0.25) is 10.1 Å². The zero-order valence-corrected chi connectivity index (χ0v) is 15.6. The van der Waals surface area contributed by atoms with E-state index in [2.05, 4.69) is 0 Å². The summed E-state index contributed by atoms with van der Waals surface area (Å²) in [7, 11) is 0. The van der Waals surface area contributed by atoms with Crippen LogP contribution in [-0.2, 0) is 6.42 Å². The second kappa shape index (κ2) is 8.18. The zero-order valence-electron chi connectivity index (χ0n) is 15.6. The lowest BCUT2D eigenvalue weighted by Gasteiger charge is -2.10. The van der Waals surface area contributed by atoms with Crippen molar-refractivity contribution < 1.29 is 18.5 Å². The van der Waals surface area contributed by atoms with Crippen LogP contribution in [0.4, 0.5) is 5.69 Å². The first-order valence-corrected chi connectivity index (χ1v) is 9.42. The number of ether oxygens (including phenoxy) is 1. The standard InChI is InChI=1S/C22H19NO6/c24-21-10-9-17-20(29-21)14-19-18(11-13-27-19)22(17)28-12-3-1-2-4-15-5-7-16(8-6-15)23(25)26/h5-11,13-14H,1-4,12H2. The number of unbranched alkanes of at least 4 members (excludes halogenated alkanes) is 2. The Morgan fingerprint density at radius 3 is 2.52 bits per heavy atom. The fraction of sp³-hybridized carbons (Fsp3) is 0.227. The number of nitro groups is 1. The Bertz CT molecular complexity index is 1210. The van der Waals surface area contributed by atoms with Gasteiger partial charge >= 0.3 is 5.63 Å². The van der Waals surface area contributed by atoms with Crippen LogP contribution in [0, 0.1) is 10.1 Å². The summed E-state index contributed by atoms with van der Waals surface area (Å²) in [5.74, 6) is 0.658. The summed E-state index contributed by atoms with van der Waals surface area (Å²) in [6, 6.07) is 13.3. The summed E-state index contributed by atoms with van der Waals surface area (Å²) in [6.07, 6.45) is 5.24. The molecule has 0 saturated carbocycles. The lowest BCUT2D eigenvalue weighted by atomic mass is 10.1. The number of non-ortho nitro benzene ring substituents is 1. The van der Waals surface area contributed by atoms with Crippen LogP contribution in [0.15, 0.2) is 68.4 Å². The molecule has 0 fully saturated rings. The summed E-state index contributed by atoms with van der Waals surface area (Å²) >= 11 is 0. The monoisotopic (exact) mass is 393 g/mol. The molecule has 0 radical (unpaired) electrons. The van der Waals surface area contributed by atoms with Crippen LogP contribution in [0.2, 0.25) is 0 Å². The van der Waals surface area contributed by atoms with E-state index in [1.807, 2.05) is 6.07 Å². The molecule has 0 aliphatic rings. The topological polar surface area (TPSA) is 95.7 Å². The van der Waals surface area contributed by atoms with E-state index in [4.69, 9.17) is 13.6 Å². The van der Waals surface area contributed by atoms with Crippen molar-refractivity contribution in [2.75, 3.05) is 6.61 Å². The predicted octanol–water partition coefficient (Wildman–Crippen LogP) is 5.24. The molecule has 7 heteroatoms. The maximum Gasteiger partial charge on any atom is 0.336 e. The second-order valence-corrected chi connectivity index (χ2v) is 6.79. The maximum absolute atomic E-state index is 11.5. The molecule has 4 aromatic rings. The first-order valence-electron chi connectivity index (χ1n) is 9.42. The first-order chi connectivity index (χ1) is 14.1. The van der Waals surface area contributed by atoms with E-state index in [0.29, 0.717) is 23.5 Å². The van der Waals surface area contributed by atoms with E-state index in [1.54, 1.807) is 30.5 Å². The molecule has 0 aliphatic carbocycles. The molecule has 0 bridgehead atoms. The number of hydrogen-bond acceptors (Lipinski definition) is 6. The van der Waals surface area contributed by atoms with E-state index in [1.165, 1.54) is 18.2 Å². The molecular formula is C22H19NO6. The third-order valence-corrected chi connectivity index (χ3v) is 4.81. The molecule has 0 amide bonds. The van der Waals surface area contributed by atoms with Crippen molar-refractivity contribution in [1.29, 1.82) is 0 Å². The Kier molecular flexibility index (Phi) is 5.29. The molecule has 4 rings (SSSR count). The van der Waals surface area contributed by atoms with Crippen molar-refractivity contribution in [3.63, 3.8) is 0 Å². The van der Waals surface area contributed by atoms with Gasteiger partial charge in [0.05, 0.1) is 28.6 Å². The quantitative estimate of drug-likeness (QED) is 0.176. The van der Waals surface area contributed by atoms with Gasteiger partial charge in [0, 0.05) is 24.3 Å². The zero-order chi connectivity index (χ0) is 20.2. The van der Waals surface area contributed by atoms with Crippen LogP contribution in [0.3, 0.4) is 0 Å². The molecule has 0 atom stereocenters.